The number of hydrogen-bond acceptors (Lipinski definition) is 1. The summed E-state index contributed by atoms with van der Waals surface area (Å²) in [5.74, 6) is 0.717. The van der Waals surface area contributed by atoms with Crippen LogP contribution in [0.3, 0.4) is 0 Å². The molecule has 1 aliphatic rings. The van der Waals surface area contributed by atoms with Crippen molar-refractivity contribution in [2.45, 2.75) is 52.9 Å². The molecule has 0 spiro atoms. The average Bonchev–Trinajstić information content (AvgIpc) is 2.64. The highest BCUT2D eigenvalue weighted by molar-refractivity contribution is 5.73. The molecule has 0 bridgehead atoms. The zero-order valence-electron chi connectivity index (χ0n) is 10.9. The first-order valence-corrected chi connectivity index (χ1v) is 6.60. The first-order valence-electron chi connectivity index (χ1n) is 6.60. The van der Waals surface area contributed by atoms with E-state index in [9.17, 15) is 4.79 Å². The Kier molecular flexibility index (Phi) is 5.10. The van der Waals surface area contributed by atoms with Crippen LogP contribution in [0.5, 0.6) is 0 Å². The summed E-state index contributed by atoms with van der Waals surface area (Å²) in [4.78, 5) is 11.4. The van der Waals surface area contributed by atoms with Gasteiger partial charge in [-0.2, -0.15) is 0 Å². The van der Waals surface area contributed by atoms with Crippen molar-refractivity contribution in [3.63, 3.8) is 0 Å². The monoisotopic (exact) mass is 226 g/mol. The Bertz CT molecular complexity index is 220. The molecule has 0 radical (unpaired) electrons. The van der Waals surface area contributed by atoms with Gasteiger partial charge in [0.05, 0.1) is 0 Å². The molecule has 0 heterocycles. The lowest BCUT2D eigenvalue weighted by Crippen LogP contribution is -2.42. The van der Waals surface area contributed by atoms with Crippen LogP contribution in [0.15, 0.2) is 0 Å². The van der Waals surface area contributed by atoms with Gasteiger partial charge in [0, 0.05) is 13.1 Å². The Morgan fingerprint density at radius 3 is 2.38 bits per heavy atom. The average molecular weight is 226 g/mol. The van der Waals surface area contributed by atoms with Gasteiger partial charge in [-0.3, -0.25) is 0 Å². The number of urea groups is 1. The van der Waals surface area contributed by atoms with Crippen LogP contribution in [0.1, 0.15) is 52.9 Å². The Hall–Kier alpha value is -0.730. The van der Waals surface area contributed by atoms with Gasteiger partial charge in [0.2, 0.25) is 0 Å². The second-order valence-corrected chi connectivity index (χ2v) is 5.52. The van der Waals surface area contributed by atoms with Crippen LogP contribution in [-0.2, 0) is 0 Å². The largest absolute Gasteiger partial charge is 0.338 e. The standard InChI is InChI=1S/C13H26N2O/c1-4-14-12(16)15-10-13(9-11(2)3)7-5-6-8-13/h11H,4-10H2,1-3H3,(H2,14,15,16). The van der Waals surface area contributed by atoms with Gasteiger partial charge in [0.15, 0.2) is 0 Å². The summed E-state index contributed by atoms with van der Waals surface area (Å²) in [7, 11) is 0. The molecule has 1 aliphatic carbocycles. The van der Waals surface area contributed by atoms with Crippen molar-refractivity contribution in [2.24, 2.45) is 11.3 Å². The predicted molar refractivity (Wildman–Crippen MR) is 67.4 cm³/mol. The Morgan fingerprint density at radius 1 is 1.25 bits per heavy atom. The van der Waals surface area contributed by atoms with E-state index in [0.29, 0.717) is 17.9 Å². The van der Waals surface area contributed by atoms with Gasteiger partial charge in [-0.25, -0.2) is 4.79 Å². The second kappa shape index (κ2) is 6.12. The molecule has 2 N–H and O–H groups in total. The maximum Gasteiger partial charge on any atom is 0.314 e. The van der Waals surface area contributed by atoms with Crippen LogP contribution in [0, 0.1) is 11.3 Å². The van der Waals surface area contributed by atoms with Gasteiger partial charge in [0.1, 0.15) is 0 Å². The number of rotatable bonds is 5. The summed E-state index contributed by atoms with van der Waals surface area (Å²) in [6.45, 7) is 8.03. The molecule has 1 saturated carbocycles. The minimum absolute atomic E-state index is 0.0162. The lowest BCUT2D eigenvalue weighted by molar-refractivity contribution is 0.209. The fourth-order valence-electron chi connectivity index (χ4n) is 2.93. The van der Waals surface area contributed by atoms with Crippen LogP contribution in [0.2, 0.25) is 0 Å². The molecule has 3 nitrogen and oxygen atoms in total. The number of carbonyl (C=O) groups excluding carboxylic acids is 1. The Balaban J connectivity index is 2.42. The smallest absolute Gasteiger partial charge is 0.314 e. The molecule has 0 unspecified atom stereocenters. The summed E-state index contributed by atoms with van der Waals surface area (Å²) in [6.07, 6.45) is 6.43. The van der Waals surface area contributed by atoms with Gasteiger partial charge in [-0.05, 0) is 37.5 Å². The van der Waals surface area contributed by atoms with E-state index in [0.717, 1.165) is 6.54 Å². The molecule has 0 aromatic carbocycles. The highest BCUT2D eigenvalue weighted by Crippen LogP contribution is 2.42. The first-order chi connectivity index (χ1) is 7.58. The van der Waals surface area contributed by atoms with Crippen LogP contribution < -0.4 is 10.6 Å². The van der Waals surface area contributed by atoms with Crippen LogP contribution in [0.25, 0.3) is 0 Å². The molecule has 0 saturated heterocycles. The van der Waals surface area contributed by atoms with Crippen molar-refractivity contribution in [1.82, 2.24) is 10.6 Å². The van der Waals surface area contributed by atoms with Crippen LogP contribution in [0.4, 0.5) is 4.79 Å². The minimum atomic E-state index is -0.0162. The van der Waals surface area contributed by atoms with Gasteiger partial charge in [0.25, 0.3) is 0 Å². The van der Waals surface area contributed by atoms with E-state index in [4.69, 9.17) is 0 Å². The topological polar surface area (TPSA) is 41.1 Å². The summed E-state index contributed by atoms with van der Waals surface area (Å²) in [5, 5.41) is 5.81. The summed E-state index contributed by atoms with van der Waals surface area (Å²) >= 11 is 0. The highest BCUT2D eigenvalue weighted by atomic mass is 16.2. The summed E-state index contributed by atoms with van der Waals surface area (Å²) in [5.41, 5.74) is 0.374. The molecule has 1 fully saturated rings. The van der Waals surface area contributed by atoms with E-state index >= 15 is 0 Å². The van der Waals surface area contributed by atoms with Crippen LogP contribution in [-0.4, -0.2) is 19.1 Å². The summed E-state index contributed by atoms with van der Waals surface area (Å²) in [6, 6.07) is -0.0162. The third-order valence-corrected chi connectivity index (χ3v) is 3.47. The molecular weight excluding hydrogens is 200 g/mol. The molecule has 3 heteroatoms. The highest BCUT2D eigenvalue weighted by Gasteiger charge is 2.34. The second-order valence-electron chi connectivity index (χ2n) is 5.52. The lowest BCUT2D eigenvalue weighted by atomic mass is 9.78. The zero-order valence-corrected chi connectivity index (χ0v) is 10.9. The fourth-order valence-corrected chi connectivity index (χ4v) is 2.93. The summed E-state index contributed by atoms with van der Waals surface area (Å²) < 4.78 is 0. The van der Waals surface area contributed by atoms with Crippen molar-refractivity contribution >= 4 is 6.03 Å². The molecule has 16 heavy (non-hydrogen) atoms. The third-order valence-electron chi connectivity index (χ3n) is 3.47. The van der Waals surface area contributed by atoms with E-state index in [1.54, 1.807) is 0 Å². The molecule has 2 amide bonds. The van der Waals surface area contributed by atoms with E-state index < -0.39 is 0 Å². The first kappa shape index (κ1) is 13.3. The predicted octanol–water partition coefficient (Wildman–Crippen LogP) is 2.91. The van der Waals surface area contributed by atoms with Crippen molar-refractivity contribution in [2.75, 3.05) is 13.1 Å². The Morgan fingerprint density at radius 2 is 1.88 bits per heavy atom. The number of amides is 2. The third kappa shape index (κ3) is 4.03. The molecule has 1 rings (SSSR count). The fraction of sp³-hybridized carbons (Fsp3) is 0.923. The van der Waals surface area contributed by atoms with Gasteiger partial charge in [-0.15, -0.1) is 0 Å². The number of carbonyl (C=O) groups is 1. The molecule has 0 aromatic rings. The molecule has 0 atom stereocenters. The lowest BCUT2D eigenvalue weighted by Gasteiger charge is -2.31. The van der Waals surface area contributed by atoms with Crippen LogP contribution >= 0.6 is 0 Å². The maximum absolute atomic E-state index is 11.4. The molecule has 94 valence electrons. The van der Waals surface area contributed by atoms with E-state index in [1.807, 2.05) is 6.92 Å². The van der Waals surface area contributed by atoms with E-state index in [2.05, 4.69) is 24.5 Å². The van der Waals surface area contributed by atoms with Crippen molar-refractivity contribution < 1.29 is 4.79 Å². The Labute approximate surface area is 99.4 Å². The van der Waals surface area contributed by atoms with E-state index in [1.165, 1.54) is 32.1 Å². The molecular formula is C13H26N2O. The minimum Gasteiger partial charge on any atom is -0.338 e. The normalized spacial score (nSPS) is 18.8. The maximum atomic E-state index is 11.4. The van der Waals surface area contributed by atoms with Gasteiger partial charge in [-0.1, -0.05) is 26.7 Å². The van der Waals surface area contributed by atoms with Gasteiger partial charge < -0.3 is 10.6 Å². The van der Waals surface area contributed by atoms with Crippen molar-refractivity contribution in [3.05, 3.63) is 0 Å². The van der Waals surface area contributed by atoms with Crippen molar-refractivity contribution in [3.8, 4) is 0 Å². The van der Waals surface area contributed by atoms with Crippen molar-refractivity contribution in [1.29, 1.82) is 0 Å². The zero-order chi connectivity index (χ0) is 12.0. The van der Waals surface area contributed by atoms with Gasteiger partial charge >= 0.3 is 6.03 Å². The molecule has 0 aliphatic heterocycles. The number of nitrogens with one attached hydrogen (secondary N) is 2. The quantitative estimate of drug-likeness (QED) is 0.743. The molecule has 0 aromatic heterocycles. The SMILES string of the molecule is CCNC(=O)NCC1(CC(C)C)CCCC1. The number of hydrogen-bond donors (Lipinski definition) is 2. The van der Waals surface area contributed by atoms with E-state index in [-0.39, 0.29) is 6.03 Å².